The summed E-state index contributed by atoms with van der Waals surface area (Å²) in [6.45, 7) is 1.59. The molecule has 0 aliphatic heterocycles. The van der Waals surface area contributed by atoms with Gasteiger partial charge >= 0.3 is 0 Å². The molecule has 4 rings (SSSR count). The van der Waals surface area contributed by atoms with Crippen LogP contribution in [0, 0.1) is 5.82 Å². The summed E-state index contributed by atoms with van der Waals surface area (Å²) >= 11 is 0. The van der Waals surface area contributed by atoms with Gasteiger partial charge in [-0.3, -0.25) is 4.79 Å². The van der Waals surface area contributed by atoms with E-state index in [9.17, 15) is 9.18 Å². The molecule has 1 N–H and O–H groups in total. The highest BCUT2D eigenvalue weighted by Crippen LogP contribution is 2.22. The average Bonchev–Trinajstić information content (AvgIpc) is 3.47. The highest BCUT2D eigenvalue weighted by atomic mass is 19.1. The van der Waals surface area contributed by atoms with Crippen molar-refractivity contribution < 1.29 is 9.18 Å². The number of nitrogens with zero attached hydrogens (tertiary/aromatic N) is 4. The Labute approximate surface area is 182 Å². The van der Waals surface area contributed by atoms with Crippen molar-refractivity contribution in [1.82, 2.24) is 24.6 Å². The number of aromatic nitrogens is 3. The fourth-order valence-electron chi connectivity index (χ4n) is 4.33. The van der Waals surface area contributed by atoms with Crippen molar-refractivity contribution in [3.63, 3.8) is 0 Å². The maximum absolute atomic E-state index is 13.4. The Hall–Kier alpha value is -2.93. The number of halogens is 1. The fourth-order valence-corrected chi connectivity index (χ4v) is 4.33. The van der Waals surface area contributed by atoms with Crippen molar-refractivity contribution in [3.8, 4) is 11.5 Å². The Morgan fingerprint density at radius 1 is 1.16 bits per heavy atom. The zero-order valence-corrected chi connectivity index (χ0v) is 18.0. The molecule has 2 heterocycles. The molecule has 2 aromatic heterocycles. The topological polar surface area (TPSA) is 55.1 Å². The zero-order valence-electron chi connectivity index (χ0n) is 18.0. The molecule has 6 nitrogen and oxygen atoms in total. The van der Waals surface area contributed by atoms with Crippen molar-refractivity contribution in [3.05, 3.63) is 66.4 Å². The second kappa shape index (κ2) is 9.92. The van der Waals surface area contributed by atoms with E-state index in [2.05, 4.69) is 22.4 Å². The van der Waals surface area contributed by atoms with Crippen molar-refractivity contribution in [2.45, 2.75) is 44.6 Å². The summed E-state index contributed by atoms with van der Waals surface area (Å²) in [4.78, 5) is 15.4. The third-order valence-corrected chi connectivity index (χ3v) is 6.08. The van der Waals surface area contributed by atoms with Gasteiger partial charge in [0.25, 0.3) is 5.91 Å². The van der Waals surface area contributed by atoms with Gasteiger partial charge in [-0.25, -0.2) is 9.07 Å². The number of hydrogen-bond acceptors (Lipinski definition) is 3. The molecule has 0 saturated heterocycles. The van der Waals surface area contributed by atoms with E-state index < -0.39 is 0 Å². The lowest BCUT2D eigenvalue weighted by Crippen LogP contribution is -2.36. The minimum absolute atomic E-state index is 0.155. The summed E-state index contributed by atoms with van der Waals surface area (Å²) in [7, 11) is 2.19. The molecule has 1 fully saturated rings. The molecule has 31 heavy (non-hydrogen) atoms. The van der Waals surface area contributed by atoms with Crippen LogP contribution in [-0.2, 0) is 0 Å². The van der Waals surface area contributed by atoms with Gasteiger partial charge in [0, 0.05) is 25.0 Å². The predicted molar refractivity (Wildman–Crippen MR) is 119 cm³/mol. The summed E-state index contributed by atoms with van der Waals surface area (Å²) in [5, 5.41) is 7.46. The summed E-state index contributed by atoms with van der Waals surface area (Å²) in [6.07, 6.45) is 12.8. The summed E-state index contributed by atoms with van der Waals surface area (Å²) in [5.74, 6) is 0.167. The van der Waals surface area contributed by atoms with E-state index in [4.69, 9.17) is 0 Å². The van der Waals surface area contributed by atoms with Crippen LogP contribution in [0.5, 0.6) is 0 Å². The van der Waals surface area contributed by atoms with Crippen LogP contribution < -0.4 is 5.32 Å². The Bertz CT molecular complexity index is 974. The van der Waals surface area contributed by atoms with Gasteiger partial charge < -0.3 is 14.8 Å². The normalized spacial score (nSPS) is 14.8. The summed E-state index contributed by atoms with van der Waals surface area (Å²) < 4.78 is 16.9. The molecule has 1 aliphatic carbocycles. The molecule has 164 valence electrons. The number of rotatable bonds is 8. The minimum Gasteiger partial charge on any atom is -0.352 e. The lowest BCUT2D eigenvalue weighted by molar-refractivity contribution is 0.0950. The summed E-state index contributed by atoms with van der Waals surface area (Å²) in [6, 6.07) is 10.5. The van der Waals surface area contributed by atoms with Crippen molar-refractivity contribution in [2.75, 3.05) is 20.1 Å². The molecule has 0 atom stereocenters. The minimum atomic E-state index is -0.311. The number of carbonyl (C=O) groups excluding carboxylic acids is 1. The largest absolute Gasteiger partial charge is 0.352 e. The molecular formula is C24H30FN5O. The smallest absolute Gasteiger partial charge is 0.256 e. The second-order valence-electron chi connectivity index (χ2n) is 8.24. The van der Waals surface area contributed by atoms with E-state index >= 15 is 0 Å². The summed E-state index contributed by atoms with van der Waals surface area (Å²) in [5.41, 5.74) is 1.18. The molecule has 0 bridgehead atoms. The molecule has 0 radical (unpaired) electrons. The second-order valence-corrected chi connectivity index (χ2v) is 8.24. The molecule has 1 amide bonds. The Kier molecular flexibility index (Phi) is 6.82. The first-order valence-corrected chi connectivity index (χ1v) is 11.1. The highest BCUT2D eigenvalue weighted by Gasteiger charge is 2.20. The van der Waals surface area contributed by atoms with Gasteiger partial charge in [-0.1, -0.05) is 19.3 Å². The van der Waals surface area contributed by atoms with Crippen LogP contribution >= 0.6 is 0 Å². The maximum atomic E-state index is 13.4. The van der Waals surface area contributed by atoms with Crippen molar-refractivity contribution in [2.24, 2.45) is 0 Å². The Balaban J connectivity index is 1.42. The predicted octanol–water partition coefficient (Wildman–Crippen LogP) is 4.19. The number of carbonyl (C=O) groups is 1. The van der Waals surface area contributed by atoms with Crippen LogP contribution in [-0.4, -0.2) is 51.3 Å². The average molecular weight is 424 g/mol. The van der Waals surface area contributed by atoms with E-state index in [0.717, 1.165) is 13.0 Å². The molecule has 7 heteroatoms. The quantitative estimate of drug-likeness (QED) is 0.553. The molecule has 1 saturated carbocycles. The van der Waals surface area contributed by atoms with Gasteiger partial charge in [0.05, 0.1) is 11.9 Å². The molecular weight excluding hydrogens is 393 g/mol. The molecule has 3 aromatic rings. The fraction of sp³-hybridized carbons (Fsp3) is 0.417. The lowest BCUT2D eigenvalue weighted by Gasteiger charge is -2.31. The van der Waals surface area contributed by atoms with E-state index in [1.807, 2.05) is 29.1 Å². The number of hydrogen-bond donors (Lipinski definition) is 1. The van der Waals surface area contributed by atoms with Gasteiger partial charge in [0.1, 0.15) is 11.4 Å². The first-order valence-electron chi connectivity index (χ1n) is 11.1. The Morgan fingerprint density at radius 3 is 2.58 bits per heavy atom. The monoisotopic (exact) mass is 423 g/mol. The highest BCUT2D eigenvalue weighted by molar-refractivity contribution is 5.97. The van der Waals surface area contributed by atoms with Gasteiger partial charge in [-0.05, 0) is 69.3 Å². The van der Waals surface area contributed by atoms with Gasteiger partial charge in [-0.15, -0.1) is 0 Å². The van der Waals surface area contributed by atoms with E-state index in [1.165, 1.54) is 44.2 Å². The zero-order chi connectivity index (χ0) is 21.6. The molecule has 0 unspecified atom stereocenters. The van der Waals surface area contributed by atoms with Gasteiger partial charge in [0.15, 0.2) is 5.82 Å². The SMILES string of the molecule is CN(CCCNC(=O)c1cnn(-c2ccc(F)cc2)c1-n1cccc1)C1CCCCC1. The lowest BCUT2D eigenvalue weighted by atomic mass is 9.94. The van der Waals surface area contributed by atoms with E-state index in [1.54, 1.807) is 23.0 Å². The standard InChI is InChI=1S/C24H30FN5O/c1-28(20-8-3-2-4-9-20)15-7-14-26-23(31)22-18-27-30(21-12-10-19(25)11-13-21)24(22)29-16-5-6-17-29/h5-6,10-13,16-18,20H,2-4,7-9,14-15H2,1H3,(H,26,31). The van der Waals surface area contributed by atoms with Gasteiger partial charge in [-0.2, -0.15) is 5.10 Å². The van der Waals surface area contributed by atoms with E-state index in [0.29, 0.717) is 29.7 Å². The number of benzene rings is 1. The molecule has 1 aromatic carbocycles. The molecule has 1 aliphatic rings. The third-order valence-electron chi connectivity index (χ3n) is 6.08. The van der Waals surface area contributed by atoms with Crippen LogP contribution in [0.2, 0.25) is 0 Å². The third kappa shape index (κ3) is 5.05. The van der Waals surface area contributed by atoms with Crippen molar-refractivity contribution in [1.29, 1.82) is 0 Å². The van der Waals surface area contributed by atoms with E-state index in [-0.39, 0.29) is 11.7 Å². The van der Waals surface area contributed by atoms with Crippen LogP contribution in [0.4, 0.5) is 4.39 Å². The maximum Gasteiger partial charge on any atom is 0.256 e. The van der Waals surface area contributed by atoms with Crippen LogP contribution in [0.1, 0.15) is 48.9 Å². The Morgan fingerprint density at radius 2 is 1.87 bits per heavy atom. The number of nitrogens with one attached hydrogen (secondary N) is 1. The van der Waals surface area contributed by atoms with Crippen molar-refractivity contribution >= 4 is 5.91 Å². The van der Waals surface area contributed by atoms with Crippen LogP contribution in [0.15, 0.2) is 55.0 Å². The van der Waals surface area contributed by atoms with Crippen LogP contribution in [0.3, 0.4) is 0 Å². The molecule has 0 spiro atoms. The number of amides is 1. The van der Waals surface area contributed by atoms with Gasteiger partial charge in [0.2, 0.25) is 0 Å². The van der Waals surface area contributed by atoms with Crippen LogP contribution in [0.25, 0.3) is 11.5 Å². The first-order chi connectivity index (χ1) is 15.1. The first kappa shape index (κ1) is 21.3.